The minimum Gasteiger partial charge on any atom is -0.397 e. The molecule has 4 heteroatoms. The first-order valence-electron chi connectivity index (χ1n) is 4.18. The summed E-state index contributed by atoms with van der Waals surface area (Å²) >= 11 is 0. The van der Waals surface area contributed by atoms with Gasteiger partial charge in [0.15, 0.2) is 0 Å². The fraction of sp³-hybridized carbons (Fsp3) is 0. The molecule has 2 aromatic heterocycles. The van der Waals surface area contributed by atoms with Gasteiger partial charge in [0.25, 0.3) is 0 Å². The van der Waals surface area contributed by atoms with Crippen molar-refractivity contribution in [1.82, 2.24) is 9.97 Å². The van der Waals surface area contributed by atoms with Gasteiger partial charge in [0.05, 0.1) is 23.3 Å². The molecule has 2 heterocycles. The Morgan fingerprint density at radius 1 is 0.929 bits per heavy atom. The van der Waals surface area contributed by atoms with E-state index >= 15 is 0 Å². The standard InChI is InChI=1S/C10H10N4/c11-8-1-2-10(14-6-8)7-3-9(12)5-13-4-7/h1-6H,11-12H2. The molecule has 0 aliphatic rings. The van der Waals surface area contributed by atoms with Gasteiger partial charge >= 0.3 is 0 Å². The van der Waals surface area contributed by atoms with Gasteiger partial charge in [-0.15, -0.1) is 0 Å². The van der Waals surface area contributed by atoms with E-state index in [1.165, 1.54) is 0 Å². The summed E-state index contributed by atoms with van der Waals surface area (Å²) in [4.78, 5) is 8.16. The highest BCUT2D eigenvalue weighted by atomic mass is 14.7. The van der Waals surface area contributed by atoms with E-state index in [4.69, 9.17) is 11.5 Å². The van der Waals surface area contributed by atoms with Crippen LogP contribution in [-0.2, 0) is 0 Å². The molecule has 0 aliphatic heterocycles. The molecule has 0 aliphatic carbocycles. The van der Waals surface area contributed by atoms with Crippen LogP contribution in [0, 0.1) is 0 Å². The van der Waals surface area contributed by atoms with Crippen LogP contribution in [0.3, 0.4) is 0 Å². The predicted molar refractivity (Wildman–Crippen MR) is 56.3 cm³/mol. The quantitative estimate of drug-likeness (QED) is 0.703. The summed E-state index contributed by atoms with van der Waals surface area (Å²) in [6.07, 6.45) is 4.92. The second-order valence-corrected chi connectivity index (χ2v) is 2.98. The van der Waals surface area contributed by atoms with Gasteiger partial charge in [0, 0.05) is 18.0 Å². The molecule has 0 atom stereocenters. The largest absolute Gasteiger partial charge is 0.397 e. The van der Waals surface area contributed by atoms with E-state index in [2.05, 4.69) is 9.97 Å². The van der Waals surface area contributed by atoms with Crippen molar-refractivity contribution in [3.05, 3.63) is 36.8 Å². The summed E-state index contributed by atoms with van der Waals surface area (Å²) in [6.45, 7) is 0. The Morgan fingerprint density at radius 3 is 2.43 bits per heavy atom. The highest BCUT2D eigenvalue weighted by Gasteiger charge is 1.99. The van der Waals surface area contributed by atoms with E-state index in [-0.39, 0.29) is 0 Å². The van der Waals surface area contributed by atoms with Gasteiger partial charge in [-0.05, 0) is 18.2 Å². The monoisotopic (exact) mass is 186 g/mol. The lowest BCUT2D eigenvalue weighted by molar-refractivity contribution is 1.28. The van der Waals surface area contributed by atoms with Crippen molar-refractivity contribution in [2.45, 2.75) is 0 Å². The molecule has 0 spiro atoms. The zero-order valence-electron chi connectivity index (χ0n) is 7.51. The first-order valence-corrected chi connectivity index (χ1v) is 4.18. The SMILES string of the molecule is Nc1ccc(-c2cncc(N)c2)nc1. The Morgan fingerprint density at radius 2 is 1.79 bits per heavy atom. The van der Waals surface area contributed by atoms with Gasteiger partial charge < -0.3 is 11.5 Å². The number of rotatable bonds is 1. The molecule has 14 heavy (non-hydrogen) atoms. The van der Waals surface area contributed by atoms with Gasteiger partial charge in [0.2, 0.25) is 0 Å². The maximum atomic E-state index is 5.61. The number of pyridine rings is 2. The van der Waals surface area contributed by atoms with Crippen LogP contribution >= 0.6 is 0 Å². The number of nitrogen functional groups attached to an aromatic ring is 2. The molecule has 0 amide bonds. The lowest BCUT2D eigenvalue weighted by Crippen LogP contribution is -1.91. The minimum atomic E-state index is 0.626. The minimum absolute atomic E-state index is 0.626. The molecule has 0 saturated heterocycles. The maximum Gasteiger partial charge on any atom is 0.0719 e. The number of hydrogen-bond acceptors (Lipinski definition) is 4. The second kappa shape index (κ2) is 3.33. The third-order valence-electron chi connectivity index (χ3n) is 1.84. The van der Waals surface area contributed by atoms with Crippen LogP contribution in [0.1, 0.15) is 0 Å². The molecule has 0 bridgehead atoms. The predicted octanol–water partition coefficient (Wildman–Crippen LogP) is 1.31. The fourth-order valence-electron chi connectivity index (χ4n) is 1.17. The van der Waals surface area contributed by atoms with Crippen LogP contribution in [0.25, 0.3) is 11.3 Å². The molecule has 0 radical (unpaired) electrons. The van der Waals surface area contributed by atoms with E-state index in [1.807, 2.05) is 12.1 Å². The number of anilines is 2. The van der Waals surface area contributed by atoms with Gasteiger partial charge in [-0.25, -0.2) is 0 Å². The van der Waals surface area contributed by atoms with Gasteiger partial charge in [-0.3, -0.25) is 9.97 Å². The Bertz CT molecular complexity index is 436. The van der Waals surface area contributed by atoms with Crippen molar-refractivity contribution in [2.24, 2.45) is 0 Å². The molecule has 0 aromatic carbocycles. The Balaban J connectivity index is 2.44. The third-order valence-corrected chi connectivity index (χ3v) is 1.84. The summed E-state index contributed by atoms with van der Waals surface area (Å²) in [5.74, 6) is 0. The van der Waals surface area contributed by atoms with Gasteiger partial charge in [-0.2, -0.15) is 0 Å². The first kappa shape index (κ1) is 8.50. The van der Waals surface area contributed by atoms with Gasteiger partial charge in [0.1, 0.15) is 0 Å². The van der Waals surface area contributed by atoms with E-state index in [0.29, 0.717) is 11.4 Å². The van der Waals surface area contributed by atoms with Crippen molar-refractivity contribution in [1.29, 1.82) is 0 Å². The second-order valence-electron chi connectivity index (χ2n) is 2.98. The van der Waals surface area contributed by atoms with Crippen molar-refractivity contribution in [3.63, 3.8) is 0 Å². The van der Waals surface area contributed by atoms with Crippen LogP contribution in [0.15, 0.2) is 36.8 Å². The molecule has 0 fully saturated rings. The molecule has 70 valence electrons. The molecule has 4 nitrogen and oxygen atoms in total. The van der Waals surface area contributed by atoms with Crippen LogP contribution in [-0.4, -0.2) is 9.97 Å². The number of nitrogens with zero attached hydrogens (tertiary/aromatic N) is 2. The molecule has 2 aromatic rings. The lowest BCUT2D eigenvalue weighted by atomic mass is 10.2. The first-order chi connectivity index (χ1) is 6.75. The van der Waals surface area contributed by atoms with Crippen LogP contribution in [0.2, 0.25) is 0 Å². The highest BCUT2D eigenvalue weighted by molar-refractivity contribution is 5.63. The molecule has 4 N–H and O–H groups in total. The van der Waals surface area contributed by atoms with E-state index in [0.717, 1.165) is 11.3 Å². The smallest absolute Gasteiger partial charge is 0.0719 e. The Hall–Kier alpha value is -2.10. The topological polar surface area (TPSA) is 77.8 Å². The van der Waals surface area contributed by atoms with E-state index < -0.39 is 0 Å². The molecule has 0 unspecified atom stereocenters. The van der Waals surface area contributed by atoms with E-state index in [9.17, 15) is 0 Å². The summed E-state index contributed by atoms with van der Waals surface area (Å²) in [5.41, 5.74) is 14.1. The molecular weight excluding hydrogens is 176 g/mol. The zero-order valence-corrected chi connectivity index (χ0v) is 7.51. The van der Waals surface area contributed by atoms with Crippen molar-refractivity contribution in [3.8, 4) is 11.3 Å². The molecule has 0 saturated carbocycles. The van der Waals surface area contributed by atoms with E-state index in [1.54, 1.807) is 24.7 Å². The normalized spacial score (nSPS) is 10.0. The number of hydrogen-bond donors (Lipinski definition) is 2. The fourth-order valence-corrected chi connectivity index (χ4v) is 1.17. The lowest BCUT2D eigenvalue weighted by Gasteiger charge is -2.01. The third kappa shape index (κ3) is 1.64. The maximum absolute atomic E-state index is 5.61. The van der Waals surface area contributed by atoms with Crippen molar-refractivity contribution < 1.29 is 0 Å². The summed E-state index contributed by atoms with van der Waals surface area (Å²) in [7, 11) is 0. The highest BCUT2D eigenvalue weighted by Crippen LogP contribution is 2.18. The summed E-state index contributed by atoms with van der Waals surface area (Å²) < 4.78 is 0. The van der Waals surface area contributed by atoms with Crippen molar-refractivity contribution >= 4 is 11.4 Å². The average Bonchev–Trinajstić information content (AvgIpc) is 2.19. The van der Waals surface area contributed by atoms with Crippen LogP contribution in [0.4, 0.5) is 11.4 Å². The molecule has 2 rings (SSSR count). The Labute approximate surface area is 81.6 Å². The average molecular weight is 186 g/mol. The number of aromatic nitrogens is 2. The summed E-state index contributed by atoms with van der Waals surface area (Å²) in [6, 6.07) is 5.46. The van der Waals surface area contributed by atoms with Gasteiger partial charge in [-0.1, -0.05) is 0 Å². The molecular formula is C10H10N4. The Kier molecular flexibility index (Phi) is 2.02. The zero-order chi connectivity index (χ0) is 9.97. The summed E-state index contributed by atoms with van der Waals surface area (Å²) in [5, 5.41) is 0. The van der Waals surface area contributed by atoms with Crippen LogP contribution in [0.5, 0.6) is 0 Å². The number of nitrogens with two attached hydrogens (primary N) is 2. The van der Waals surface area contributed by atoms with Crippen LogP contribution < -0.4 is 11.5 Å². The van der Waals surface area contributed by atoms with Crippen molar-refractivity contribution in [2.75, 3.05) is 11.5 Å².